The Morgan fingerprint density at radius 1 is 0.560 bits per heavy atom. The number of amides is 2. The van der Waals surface area contributed by atoms with Gasteiger partial charge in [0.1, 0.15) is 0 Å². The number of hydrogen-bond donors (Lipinski definition) is 1. The SMILES string of the molecule is CCCCCCC(CCCC)C(=O)OCCCN(CCCOC(=O)C(CCCC)CCCCCC)C(=O)C=CC(=O)NCCOCCN(C)C. The molecule has 0 aromatic carbocycles. The van der Waals surface area contributed by atoms with Crippen LogP contribution in [0.3, 0.4) is 0 Å². The van der Waals surface area contributed by atoms with Gasteiger partial charge in [0.05, 0.1) is 38.3 Å². The van der Waals surface area contributed by atoms with Gasteiger partial charge in [0, 0.05) is 38.3 Å². The van der Waals surface area contributed by atoms with Crippen LogP contribution in [0.2, 0.25) is 0 Å². The van der Waals surface area contributed by atoms with E-state index in [4.69, 9.17) is 14.2 Å². The highest BCUT2D eigenvalue weighted by Gasteiger charge is 2.21. The van der Waals surface area contributed by atoms with E-state index < -0.39 is 0 Å². The molecule has 0 heterocycles. The average Bonchev–Trinajstić information content (AvgIpc) is 3.10. The third-order valence-electron chi connectivity index (χ3n) is 8.84. The zero-order chi connectivity index (χ0) is 37.2. The molecule has 0 aromatic heterocycles. The second kappa shape index (κ2) is 33.7. The third-order valence-corrected chi connectivity index (χ3v) is 8.84. The highest BCUT2D eigenvalue weighted by atomic mass is 16.5. The number of nitrogens with zero attached hydrogens (tertiary/aromatic N) is 2. The van der Waals surface area contributed by atoms with Crippen LogP contribution in [0.4, 0.5) is 0 Å². The molecule has 0 aliphatic carbocycles. The lowest BCUT2D eigenvalue weighted by molar-refractivity contribution is -0.150. The Kier molecular flexibility index (Phi) is 32.0. The Morgan fingerprint density at radius 2 is 1.04 bits per heavy atom. The summed E-state index contributed by atoms with van der Waals surface area (Å²) in [7, 11) is 3.94. The van der Waals surface area contributed by atoms with Crippen molar-refractivity contribution in [3.8, 4) is 0 Å². The van der Waals surface area contributed by atoms with Crippen molar-refractivity contribution in [2.75, 3.05) is 66.7 Å². The minimum absolute atomic E-state index is 0.0770. The summed E-state index contributed by atoms with van der Waals surface area (Å²) in [5, 5.41) is 2.74. The molecule has 0 aliphatic heterocycles. The molecule has 2 unspecified atom stereocenters. The van der Waals surface area contributed by atoms with Gasteiger partial charge in [-0.1, -0.05) is 105 Å². The van der Waals surface area contributed by atoms with Crippen molar-refractivity contribution < 1.29 is 33.4 Å². The summed E-state index contributed by atoms with van der Waals surface area (Å²) in [6.45, 7) is 11.9. The number of esters is 2. The van der Waals surface area contributed by atoms with Gasteiger partial charge >= 0.3 is 11.9 Å². The Hall–Kier alpha value is -2.46. The Bertz CT molecular complexity index is 852. The summed E-state index contributed by atoms with van der Waals surface area (Å²) in [5.41, 5.74) is 0. The molecule has 0 saturated carbocycles. The van der Waals surface area contributed by atoms with Gasteiger partial charge in [0.25, 0.3) is 0 Å². The summed E-state index contributed by atoms with van der Waals surface area (Å²) in [6.07, 6.45) is 20.0. The molecule has 2 atom stereocenters. The zero-order valence-electron chi connectivity index (χ0n) is 32.9. The van der Waals surface area contributed by atoms with Crippen molar-refractivity contribution in [2.45, 2.75) is 143 Å². The van der Waals surface area contributed by atoms with E-state index in [1.807, 2.05) is 19.0 Å². The van der Waals surface area contributed by atoms with Crippen molar-refractivity contribution in [3.63, 3.8) is 0 Å². The van der Waals surface area contributed by atoms with Crippen LogP contribution >= 0.6 is 0 Å². The predicted octanol–water partition coefficient (Wildman–Crippen LogP) is 7.49. The normalized spacial score (nSPS) is 12.6. The first kappa shape index (κ1) is 47.5. The first-order valence-corrected chi connectivity index (χ1v) is 20.0. The lowest BCUT2D eigenvalue weighted by atomic mass is 9.95. The second-order valence-electron chi connectivity index (χ2n) is 13.8. The van der Waals surface area contributed by atoms with Crippen LogP contribution in [0.1, 0.15) is 143 Å². The average molecular weight is 710 g/mol. The monoisotopic (exact) mass is 710 g/mol. The van der Waals surface area contributed by atoms with Gasteiger partial charge in [-0.25, -0.2) is 0 Å². The van der Waals surface area contributed by atoms with Crippen LogP contribution in [0.15, 0.2) is 12.2 Å². The first-order chi connectivity index (χ1) is 24.2. The molecule has 10 heteroatoms. The standard InChI is InChI=1S/C40H75N3O7/c1-7-11-15-17-23-35(21-13-9-3)39(46)49-31-19-28-43(38(45)26-25-37(44)41-27-33-48-34-30-42(5)6)29-20-32-50-40(47)36(22-14-10-4)24-18-16-12-8-2/h25-26,35-36H,7-24,27-34H2,1-6H3,(H,41,44). The van der Waals surface area contributed by atoms with Crippen LogP contribution in [-0.2, 0) is 33.4 Å². The fourth-order valence-corrected chi connectivity index (χ4v) is 5.63. The van der Waals surface area contributed by atoms with Crippen molar-refractivity contribution >= 4 is 23.8 Å². The molecular weight excluding hydrogens is 634 g/mol. The topological polar surface area (TPSA) is 114 Å². The molecule has 50 heavy (non-hydrogen) atoms. The molecule has 292 valence electrons. The minimum Gasteiger partial charge on any atom is -0.465 e. The molecule has 0 rings (SSSR count). The van der Waals surface area contributed by atoms with Crippen LogP contribution in [0.5, 0.6) is 0 Å². The lowest BCUT2D eigenvalue weighted by Crippen LogP contribution is -2.34. The smallest absolute Gasteiger partial charge is 0.308 e. The van der Waals surface area contributed by atoms with Crippen LogP contribution < -0.4 is 5.32 Å². The predicted molar refractivity (Wildman–Crippen MR) is 203 cm³/mol. The van der Waals surface area contributed by atoms with Crippen LogP contribution in [0.25, 0.3) is 0 Å². The fourth-order valence-electron chi connectivity index (χ4n) is 5.63. The summed E-state index contributed by atoms with van der Waals surface area (Å²) in [4.78, 5) is 55.0. The number of hydrogen-bond acceptors (Lipinski definition) is 8. The second-order valence-corrected chi connectivity index (χ2v) is 13.8. The molecule has 0 radical (unpaired) electrons. The van der Waals surface area contributed by atoms with Gasteiger partial charge < -0.3 is 29.3 Å². The summed E-state index contributed by atoms with van der Waals surface area (Å²) < 4.78 is 16.9. The minimum atomic E-state index is -0.369. The molecule has 10 nitrogen and oxygen atoms in total. The molecular formula is C40H75N3O7. The van der Waals surface area contributed by atoms with Crippen molar-refractivity contribution in [1.82, 2.24) is 15.1 Å². The molecule has 2 amide bonds. The molecule has 0 spiro atoms. The van der Waals surface area contributed by atoms with Gasteiger partial charge in [-0.2, -0.15) is 0 Å². The molecule has 0 fully saturated rings. The highest BCUT2D eigenvalue weighted by Crippen LogP contribution is 2.20. The van der Waals surface area contributed by atoms with E-state index in [1.165, 1.54) is 25.0 Å². The van der Waals surface area contributed by atoms with Gasteiger partial charge in [-0.05, 0) is 52.6 Å². The Balaban J connectivity index is 5.13. The summed E-state index contributed by atoms with van der Waals surface area (Å²) in [5.74, 6) is -1.12. The number of ether oxygens (including phenoxy) is 3. The summed E-state index contributed by atoms with van der Waals surface area (Å²) in [6, 6.07) is 0. The number of likely N-dealkylation sites (N-methyl/N-ethyl adjacent to an activating group) is 1. The number of carbonyl (C=O) groups is 4. The van der Waals surface area contributed by atoms with Crippen molar-refractivity contribution in [3.05, 3.63) is 12.2 Å². The van der Waals surface area contributed by atoms with Crippen LogP contribution in [-0.4, -0.2) is 100 Å². The first-order valence-electron chi connectivity index (χ1n) is 20.0. The number of rotatable bonds is 34. The van der Waals surface area contributed by atoms with Gasteiger partial charge in [-0.15, -0.1) is 0 Å². The Labute approximate surface area is 305 Å². The maximum Gasteiger partial charge on any atom is 0.308 e. The largest absolute Gasteiger partial charge is 0.465 e. The molecule has 0 aliphatic rings. The van der Waals surface area contributed by atoms with Gasteiger partial charge in [0.15, 0.2) is 0 Å². The maximum atomic E-state index is 13.2. The summed E-state index contributed by atoms with van der Waals surface area (Å²) >= 11 is 0. The molecule has 0 bridgehead atoms. The fraction of sp³-hybridized carbons (Fsp3) is 0.850. The van der Waals surface area contributed by atoms with E-state index in [0.717, 1.165) is 96.4 Å². The maximum absolute atomic E-state index is 13.2. The number of nitrogens with one attached hydrogen (secondary N) is 1. The van der Waals surface area contributed by atoms with E-state index >= 15 is 0 Å². The molecule has 0 saturated heterocycles. The lowest BCUT2D eigenvalue weighted by Gasteiger charge is -2.22. The molecule has 1 N–H and O–H groups in total. The van der Waals surface area contributed by atoms with Gasteiger partial charge in [0.2, 0.25) is 11.8 Å². The van der Waals surface area contributed by atoms with E-state index in [-0.39, 0.29) is 48.8 Å². The van der Waals surface area contributed by atoms with Crippen LogP contribution in [0, 0.1) is 11.8 Å². The van der Waals surface area contributed by atoms with E-state index in [0.29, 0.717) is 45.7 Å². The number of unbranched alkanes of at least 4 members (excludes halogenated alkanes) is 8. The number of carbonyl (C=O) groups excluding carboxylic acids is 4. The van der Waals surface area contributed by atoms with E-state index in [1.54, 1.807) is 4.90 Å². The van der Waals surface area contributed by atoms with Crippen molar-refractivity contribution in [2.24, 2.45) is 11.8 Å². The van der Waals surface area contributed by atoms with E-state index in [9.17, 15) is 19.2 Å². The zero-order valence-corrected chi connectivity index (χ0v) is 32.9. The highest BCUT2D eigenvalue weighted by molar-refractivity contribution is 5.96. The van der Waals surface area contributed by atoms with E-state index in [2.05, 4.69) is 33.0 Å². The quantitative estimate of drug-likeness (QED) is 0.0416. The van der Waals surface area contributed by atoms with Crippen molar-refractivity contribution in [1.29, 1.82) is 0 Å². The Morgan fingerprint density at radius 3 is 1.50 bits per heavy atom. The third kappa shape index (κ3) is 27.3. The molecule has 0 aromatic rings. The van der Waals surface area contributed by atoms with Gasteiger partial charge in [-0.3, -0.25) is 19.2 Å².